The number of carbonyl (C=O) groups is 2. The molecule has 0 aromatic carbocycles. The van der Waals surface area contributed by atoms with Gasteiger partial charge in [-0.1, -0.05) is 0 Å². The molecule has 1 aliphatic heterocycles. The first kappa shape index (κ1) is 8.31. The lowest BCUT2D eigenvalue weighted by Crippen LogP contribution is -2.50. The van der Waals surface area contributed by atoms with Crippen molar-refractivity contribution in [3.63, 3.8) is 0 Å². The zero-order valence-electron chi connectivity index (χ0n) is 6.28. The monoisotopic (exact) mass is 171 g/mol. The number of nitrogens with one attached hydrogen (secondary N) is 1. The van der Waals surface area contributed by atoms with Gasteiger partial charge in [0.1, 0.15) is 0 Å². The van der Waals surface area contributed by atoms with Gasteiger partial charge in [0.15, 0.2) is 0 Å². The molecule has 0 radical (unpaired) electrons. The van der Waals surface area contributed by atoms with Crippen LogP contribution in [0.15, 0.2) is 5.10 Å². The fraction of sp³-hybridized carbons (Fsp3) is 0.400. The van der Waals surface area contributed by atoms with Crippen LogP contribution in [0, 0.1) is 0 Å². The van der Waals surface area contributed by atoms with E-state index in [-0.39, 0.29) is 5.96 Å². The predicted octanol–water partition coefficient (Wildman–Crippen LogP) is -2.87. The number of carbonyl (C=O) groups excluding carboxylic acids is 2. The van der Waals surface area contributed by atoms with Gasteiger partial charge in [0.25, 0.3) is 0 Å². The van der Waals surface area contributed by atoms with Gasteiger partial charge >= 0.3 is 11.8 Å². The smallest absolute Gasteiger partial charge is 0.332 e. The van der Waals surface area contributed by atoms with Crippen LogP contribution in [0.5, 0.6) is 0 Å². The van der Waals surface area contributed by atoms with E-state index in [2.05, 4.69) is 10.4 Å². The van der Waals surface area contributed by atoms with Gasteiger partial charge < -0.3 is 16.8 Å². The van der Waals surface area contributed by atoms with Crippen molar-refractivity contribution in [2.45, 2.75) is 0 Å². The summed E-state index contributed by atoms with van der Waals surface area (Å²) in [5, 5.41) is 6.76. The van der Waals surface area contributed by atoms with Crippen LogP contribution in [-0.4, -0.2) is 35.9 Å². The van der Waals surface area contributed by atoms with Gasteiger partial charge in [0.05, 0.1) is 6.54 Å². The van der Waals surface area contributed by atoms with Crippen molar-refractivity contribution < 1.29 is 9.59 Å². The summed E-state index contributed by atoms with van der Waals surface area (Å²) in [7, 11) is 0. The Balaban J connectivity index is 2.71. The van der Waals surface area contributed by atoms with Crippen molar-refractivity contribution in [3.05, 3.63) is 0 Å². The number of hydrogen-bond donors (Lipinski definition) is 3. The predicted molar refractivity (Wildman–Crippen MR) is 40.5 cm³/mol. The van der Waals surface area contributed by atoms with Crippen LogP contribution in [0.2, 0.25) is 0 Å². The van der Waals surface area contributed by atoms with E-state index in [0.717, 1.165) is 5.01 Å². The molecule has 0 aliphatic carbocycles. The Bertz CT molecular complexity index is 244. The molecule has 0 spiro atoms. The second kappa shape index (κ2) is 3.07. The van der Waals surface area contributed by atoms with E-state index in [0.29, 0.717) is 13.1 Å². The highest BCUT2D eigenvalue weighted by molar-refractivity contribution is 6.35. The summed E-state index contributed by atoms with van der Waals surface area (Å²) in [6.45, 7) is 0.657. The van der Waals surface area contributed by atoms with Crippen LogP contribution in [0.25, 0.3) is 0 Å². The number of guanidine groups is 1. The van der Waals surface area contributed by atoms with Crippen molar-refractivity contribution in [2.75, 3.05) is 13.1 Å². The largest absolute Gasteiger partial charge is 0.369 e. The molecule has 1 fully saturated rings. The number of nitrogens with two attached hydrogens (primary N) is 2. The minimum absolute atomic E-state index is 0.238. The fourth-order valence-corrected chi connectivity index (χ4v) is 0.805. The van der Waals surface area contributed by atoms with Crippen LogP contribution >= 0.6 is 0 Å². The molecule has 0 atom stereocenters. The summed E-state index contributed by atoms with van der Waals surface area (Å²) < 4.78 is 0. The molecule has 12 heavy (non-hydrogen) atoms. The molecule has 0 unspecified atom stereocenters. The molecule has 1 aliphatic rings. The number of hydrazone groups is 1. The highest BCUT2D eigenvalue weighted by Gasteiger charge is 2.25. The van der Waals surface area contributed by atoms with Crippen LogP contribution in [0.3, 0.4) is 0 Å². The van der Waals surface area contributed by atoms with Crippen LogP contribution in [0.1, 0.15) is 0 Å². The summed E-state index contributed by atoms with van der Waals surface area (Å²) in [6.07, 6.45) is 0. The maximum Gasteiger partial charge on any atom is 0.332 e. The third-order valence-corrected chi connectivity index (χ3v) is 1.27. The lowest BCUT2D eigenvalue weighted by Gasteiger charge is -2.21. The zero-order chi connectivity index (χ0) is 9.14. The summed E-state index contributed by atoms with van der Waals surface area (Å²) in [5.74, 6) is -1.67. The number of hydrogen-bond acceptors (Lipinski definition) is 3. The molecule has 7 heteroatoms. The van der Waals surface area contributed by atoms with Crippen molar-refractivity contribution in [1.82, 2.24) is 10.3 Å². The van der Waals surface area contributed by atoms with Crippen molar-refractivity contribution >= 4 is 17.8 Å². The molecule has 1 heterocycles. The number of amides is 2. The number of piperazine rings is 1. The molecule has 0 aromatic rings. The van der Waals surface area contributed by atoms with Crippen molar-refractivity contribution in [3.8, 4) is 0 Å². The van der Waals surface area contributed by atoms with Crippen LogP contribution in [0.4, 0.5) is 0 Å². The summed E-state index contributed by atoms with van der Waals surface area (Å²) in [4.78, 5) is 21.7. The molecule has 2 amide bonds. The highest BCUT2D eigenvalue weighted by Crippen LogP contribution is 1.94. The van der Waals surface area contributed by atoms with E-state index in [9.17, 15) is 9.59 Å². The molecule has 1 rings (SSSR count). The molecule has 66 valence electrons. The van der Waals surface area contributed by atoms with E-state index in [1.54, 1.807) is 0 Å². The van der Waals surface area contributed by atoms with Crippen molar-refractivity contribution in [2.24, 2.45) is 16.6 Å². The Morgan fingerprint density at radius 1 is 1.50 bits per heavy atom. The minimum Gasteiger partial charge on any atom is -0.369 e. The Labute approximate surface area is 68.4 Å². The Hall–Kier alpha value is -1.79. The molecule has 1 saturated heterocycles. The second-order valence-corrected chi connectivity index (χ2v) is 2.21. The van der Waals surface area contributed by atoms with E-state index in [4.69, 9.17) is 11.5 Å². The second-order valence-electron chi connectivity index (χ2n) is 2.21. The quantitative estimate of drug-likeness (QED) is 0.223. The van der Waals surface area contributed by atoms with Gasteiger partial charge in [0, 0.05) is 6.54 Å². The van der Waals surface area contributed by atoms with Gasteiger partial charge in [-0.05, 0) is 0 Å². The van der Waals surface area contributed by atoms with Gasteiger partial charge in [-0.3, -0.25) is 9.59 Å². The Morgan fingerprint density at radius 2 is 2.17 bits per heavy atom. The molecule has 7 nitrogen and oxygen atoms in total. The number of nitrogens with zero attached hydrogens (tertiary/aromatic N) is 2. The number of rotatable bonds is 1. The molecule has 0 aromatic heterocycles. The summed E-state index contributed by atoms with van der Waals surface area (Å²) in [6, 6.07) is 0. The first-order valence-corrected chi connectivity index (χ1v) is 3.30. The van der Waals surface area contributed by atoms with E-state index in [1.165, 1.54) is 0 Å². The third-order valence-electron chi connectivity index (χ3n) is 1.27. The standard InChI is InChI=1S/C5H9N5O2/c6-5(7)9-10-2-1-8-3(11)4(10)12/h1-2H2,(H,8,11)(H4,6,7,9). The molecular formula is C5H9N5O2. The average Bonchev–Trinajstić information content (AvgIpc) is 1.98. The highest BCUT2D eigenvalue weighted by atomic mass is 16.2. The van der Waals surface area contributed by atoms with Gasteiger partial charge in [-0.15, -0.1) is 5.10 Å². The lowest BCUT2D eigenvalue weighted by atomic mass is 10.4. The van der Waals surface area contributed by atoms with Crippen LogP contribution < -0.4 is 16.8 Å². The Morgan fingerprint density at radius 3 is 2.75 bits per heavy atom. The van der Waals surface area contributed by atoms with E-state index < -0.39 is 11.8 Å². The maximum absolute atomic E-state index is 11.0. The Kier molecular flexibility index (Phi) is 2.13. The minimum atomic E-state index is -0.741. The fourth-order valence-electron chi connectivity index (χ4n) is 0.805. The lowest BCUT2D eigenvalue weighted by molar-refractivity contribution is -0.148. The molecule has 0 saturated carbocycles. The molecular weight excluding hydrogens is 162 g/mol. The zero-order valence-corrected chi connectivity index (χ0v) is 6.28. The van der Waals surface area contributed by atoms with Crippen molar-refractivity contribution in [1.29, 1.82) is 0 Å². The summed E-state index contributed by atoms with van der Waals surface area (Å²) >= 11 is 0. The molecule has 5 N–H and O–H groups in total. The van der Waals surface area contributed by atoms with E-state index >= 15 is 0 Å². The summed E-state index contributed by atoms with van der Waals surface area (Å²) in [5.41, 5.74) is 10.1. The first-order chi connectivity index (χ1) is 5.61. The third kappa shape index (κ3) is 1.62. The van der Waals surface area contributed by atoms with Crippen LogP contribution in [-0.2, 0) is 9.59 Å². The topological polar surface area (TPSA) is 114 Å². The molecule has 0 bridgehead atoms. The normalized spacial score (nSPS) is 17.2. The van der Waals surface area contributed by atoms with Gasteiger partial charge in [-0.25, -0.2) is 5.01 Å². The maximum atomic E-state index is 11.0. The van der Waals surface area contributed by atoms with E-state index in [1.807, 2.05) is 0 Å². The SMILES string of the molecule is NC(N)=NN1CCNC(=O)C1=O. The van der Waals surface area contributed by atoms with Gasteiger partial charge in [-0.2, -0.15) is 0 Å². The first-order valence-electron chi connectivity index (χ1n) is 3.30. The van der Waals surface area contributed by atoms with Gasteiger partial charge in [0.2, 0.25) is 5.96 Å². The average molecular weight is 171 g/mol.